The first-order chi connectivity index (χ1) is 8.97. The zero-order valence-corrected chi connectivity index (χ0v) is 12.3. The summed E-state index contributed by atoms with van der Waals surface area (Å²) in [5, 5.41) is 7.72. The molecule has 0 aliphatic rings. The van der Waals surface area contributed by atoms with E-state index in [0.29, 0.717) is 0 Å². The standard InChI is InChI=1S/C15H22N4/c1-11-6-7-14(8-15(11)18(3)4)17-12(2)13-9-16-19(5)10-13/h6-10,12,17H,1-5H3. The molecule has 0 spiro atoms. The van der Waals surface area contributed by atoms with E-state index in [9.17, 15) is 0 Å². The molecule has 4 nitrogen and oxygen atoms in total. The average Bonchev–Trinajstić information content (AvgIpc) is 2.78. The lowest BCUT2D eigenvalue weighted by molar-refractivity contribution is 0.765. The van der Waals surface area contributed by atoms with Crippen LogP contribution in [0.5, 0.6) is 0 Å². The summed E-state index contributed by atoms with van der Waals surface area (Å²) >= 11 is 0. The van der Waals surface area contributed by atoms with E-state index in [-0.39, 0.29) is 6.04 Å². The second kappa shape index (κ2) is 5.34. The lowest BCUT2D eigenvalue weighted by atomic mass is 10.1. The van der Waals surface area contributed by atoms with Gasteiger partial charge in [0.05, 0.1) is 12.2 Å². The van der Waals surface area contributed by atoms with E-state index in [1.54, 1.807) is 0 Å². The molecular formula is C15H22N4. The summed E-state index contributed by atoms with van der Waals surface area (Å²) in [6.45, 7) is 4.27. The minimum atomic E-state index is 0.242. The number of nitrogens with one attached hydrogen (secondary N) is 1. The first-order valence-electron chi connectivity index (χ1n) is 6.50. The molecule has 0 aliphatic carbocycles. The van der Waals surface area contributed by atoms with Crippen molar-refractivity contribution in [3.05, 3.63) is 41.7 Å². The van der Waals surface area contributed by atoms with E-state index in [2.05, 4.69) is 61.5 Å². The van der Waals surface area contributed by atoms with Gasteiger partial charge in [0.1, 0.15) is 0 Å². The predicted octanol–water partition coefficient (Wildman–Crippen LogP) is 2.97. The topological polar surface area (TPSA) is 33.1 Å². The molecule has 0 radical (unpaired) electrons. The minimum absolute atomic E-state index is 0.242. The van der Waals surface area contributed by atoms with Crippen molar-refractivity contribution >= 4 is 11.4 Å². The SMILES string of the molecule is Cc1ccc(NC(C)c2cnn(C)c2)cc1N(C)C. The van der Waals surface area contributed by atoms with E-state index in [4.69, 9.17) is 0 Å². The van der Waals surface area contributed by atoms with Crippen LogP contribution < -0.4 is 10.2 Å². The Labute approximate surface area is 115 Å². The average molecular weight is 258 g/mol. The van der Waals surface area contributed by atoms with Crippen molar-refractivity contribution in [1.29, 1.82) is 0 Å². The highest BCUT2D eigenvalue weighted by Gasteiger charge is 2.09. The van der Waals surface area contributed by atoms with E-state index in [1.165, 1.54) is 16.8 Å². The van der Waals surface area contributed by atoms with Crippen LogP contribution in [0, 0.1) is 6.92 Å². The van der Waals surface area contributed by atoms with Gasteiger partial charge in [0.15, 0.2) is 0 Å². The van der Waals surface area contributed by atoms with Crippen molar-refractivity contribution in [3.63, 3.8) is 0 Å². The van der Waals surface area contributed by atoms with Gasteiger partial charge < -0.3 is 10.2 Å². The number of aryl methyl sites for hydroxylation is 2. The molecule has 4 heteroatoms. The molecule has 1 unspecified atom stereocenters. The number of hydrogen-bond acceptors (Lipinski definition) is 3. The zero-order valence-electron chi connectivity index (χ0n) is 12.3. The van der Waals surface area contributed by atoms with Crippen LogP contribution in [0.25, 0.3) is 0 Å². The fourth-order valence-corrected chi connectivity index (χ4v) is 2.18. The normalized spacial score (nSPS) is 12.3. The van der Waals surface area contributed by atoms with E-state index >= 15 is 0 Å². The van der Waals surface area contributed by atoms with Crippen molar-refractivity contribution in [2.45, 2.75) is 19.9 Å². The molecular weight excluding hydrogens is 236 g/mol. The molecule has 2 aromatic rings. The van der Waals surface area contributed by atoms with Gasteiger partial charge in [-0.25, -0.2) is 0 Å². The summed E-state index contributed by atoms with van der Waals surface area (Å²) in [6.07, 6.45) is 3.94. The number of hydrogen-bond donors (Lipinski definition) is 1. The fourth-order valence-electron chi connectivity index (χ4n) is 2.18. The van der Waals surface area contributed by atoms with Crippen molar-refractivity contribution in [2.75, 3.05) is 24.3 Å². The maximum absolute atomic E-state index is 4.21. The van der Waals surface area contributed by atoms with E-state index < -0.39 is 0 Å². The Hall–Kier alpha value is -1.97. The van der Waals surface area contributed by atoms with E-state index in [1.807, 2.05) is 24.1 Å². The van der Waals surface area contributed by atoms with Crippen molar-refractivity contribution in [1.82, 2.24) is 9.78 Å². The van der Waals surface area contributed by atoms with Gasteiger partial charge in [-0.3, -0.25) is 4.68 Å². The third-order valence-corrected chi connectivity index (χ3v) is 3.30. The van der Waals surface area contributed by atoms with Gasteiger partial charge >= 0.3 is 0 Å². The van der Waals surface area contributed by atoms with Gasteiger partial charge in [0, 0.05) is 44.3 Å². The van der Waals surface area contributed by atoms with Crippen LogP contribution in [0.4, 0.5) is 11.4 Å². The number of aromatic nitrogens is 2. The molecule has 1 aromatic heterocycles. The minimum Gasteiger partial charge on any atom is -0.378 e. The van der Waals surface area contributed by atoms with Gasteiger partial charge in [-0.15, -0.1) is 0 Å². The maximum Gasteiger partial charge on any atom is 0.0542 e. The van der Waals surface area contributed by atoms with Gasteiger partial charge in [-0.1, -0.05) is 6.07 Å². The summed E-state index contributed by atoms with van der Waals surface area (Å²) in [5.41, 5.74) is 4.84. The number of benzene rings is 1. The molecule has 0 saturated heterocycles. The van der Waals surface area contributed by atoms with Crippen LogP contribution in [0.1, 0.15) is 24.1 Å². The summed E-state index contributed by atoms with van der Waals surface area (Å²) in [5.74, 6) is 0. The van der Waals surface area contributed by atoms with Crippen LogP contribution in [0.2, 0.25) is 0 Å². The van der Waals surface area contributed by atoms with Gasteiger partial charge in [0.25, 0.3) is 0 Å². The molecule has 1 aromatic carbocycles. The highest BCUT2D eigenvalue weighted by molar-refractivity contribution is 5.62. The summed E-state index contributed by atoms with van der Waals surface area (Å²) < 4.78 is 1.83. The summed E-state index contributed by atoms with van der Waals surface area (Å²) in [6, 6.07) is 6.69. The molecule has 0 amide bonds. The molecule has 0 fully saturated rings. The van der Waals surface area contributed by atoms with Gasteiger partial charge in [-0.2, -0.15) is 5.10 Å². The van der Waals surface area contributed by atoms with Crippen molar-refractivity contribution < 1.29 is 0 Å². The monoisotopic (exact) mass is 258 g/mol. The summed E-state index contributed by atoms with van der Waals surface area (Å²) in [4.78, 5) is 2.13. The molecule has 0 aliphatic heterocycles. The Balaban J connectivity index is 2.17. The highest BCUT2D eigenvalue weighted by atomic mass is 15.2. The molecule has 102 valence electrons. The molecule has 1 N–H and O–H groups in total. The molecule has 0 bridgehead atoms. The number of rotatable bonds is 4. The highest BCUT2D eigenvalue weighted by Crippen LogP contribution is 2.25. The number of nitrogens with zero attached hydrogens (tertiary/aromatic N) is 3. The first kappa shape index (κ1) is 13.5. The molecule has 2 rings (SSSR count). The second-order valence-corrected chi connectivity index (χ2v) is 5.21. The Kier molecular flexibility index (Phi) is 3.79. The Morgan fingerprint density at radius 1 is 1.32 bits per heavy atom. The third-order valence-electron chi connectivity index (χ3n) is 3.30. The lowest BCUT2D eigenvalue weighted by Gasteiger charge is -2.19. The third kappa shape index (κ3) is 3.08. The predicted molar refractivity (Wildman–Crippen MR) is 80.8 cm³/mol. The van der Waals surface area contributed by atoms with E-state index in [0.717, 1.165) is 5.69 Å². The van der Waals surface area contributed by atoms with Gasteiger partial charge in [0.2, 0.25) is 0 Å². The number of anilines is 2. The largest absolute Gasteiger partial charge is 0.378 e. The van der Waals surface area contributed by atoms with Gasteiger partial charge in [-0.05, 0) is 31.5 Å². The van der Waals surface area contributed by atoms with Crippen molar-refractivity contribution in [2.24, 2.45) is 7.05 Å². The lowest BCUT2D eigenvalue weighted by Crippen LogP contribution is -2.11. The molecule has 1 atom stereocenters. The molecule has 1 heterocycles. The van der Waals surface area contributed by atoms with Crippen LogP contribution in [-0.4, -0.2) is 23.9 Å². The zero-order chi connectivity index (χ0) is 14.0. The quantitative estimate of drug-likeness (QED) is 0.915. The molecule has 19 heavy (non-hydrogen) atoms. The van der Waals surface area contributed by atoms with Crippen LogP contribution >= 0.6 is 0 Å². The van der Waals surface area contributed by atoms with Crippen LogP contribution in [0.3, 0.4) is 0 Å². The van der Waals surface area contributed by atoms with Crippen molar-refractivity contribution in [3.8, 4) is 0 Å². The smallest absolute Gasteiger partial charge is 0.0542 e. The Bertz CT molecular complexity index is 557. The summed E-state index contributed by atoms with van der Waals surface area (Å²) in [7, 11) is 6.07. The van der Waals surface area contributed by atoms with Crippen LogP contribution in [-0.2, 0) is 7.05 Å². The Morgan fingerprint density at radius 3 is 2.63 bits per heavy atom. The molecule has 0 saturated carbocycles. The second-order valence-electron chi connectivity index (χ2n) is 5.21. The fraction of sp³-hybridized carbons (Fsp3) is 0.400. The first-order valence-corrected chi connectivity index (χ1v) is 6.50. The maximum atomic E-state index is 4.21. The van der Waals surface area contributed by atoms with Crippen LogP contribution in [0.15, 0.2) is 30.6 Å². The Morgan fingerprint density at radius 2 is 2.05 bits per heavy atom.